The summed E-state index contributed by atoms with van der Waals surface area (Å²) in [6, 6.07) is 0.229. The molecule has 1 heterocycles. The van der Waals surface area contributed by atoms with Crippen LogP contribution in [0.1, 0.15) is 26.3 Å². The van der Waals surface area contributed by atoms with Gasteiger partial charge in [-0.1, -0.05) is 0 Å². The van der Waals surface area contributed by atoms with Crippen molar-refractivity contribution < 1.29 is 0 Å². The molecule has 0 saturated carbocycles. The topological polar surface area (TPSA) is 42.2 Å². The fraction of sp³-hybridized carbons (Fsp3) is 0.769. The number of hydrogen-bond acceptors (Lipinski definition) is 3. The largest absolute Gasteiger partial charge is 0.328 e. The molecule has 0 unspecified atom stereocenters. The third-order valence-electron chi connectivity index (χ3n) is 2.92. The Hall–Kier alpha value is -1.07. The summed E-state index contributed by atoms with van der Waals surface area (Å²) >= 11 is 0. The number of aromatic nitrogens is 2. The van der Waals surface area contributed by atoms with Crippen molar-refractivity contribution in [2.24, 2.45) is 0 Å². The average molecular weight is 254 g/mol. The molecule has 1 rings (SSSR count). The fourth-order valence-corrected chi connectivity index (χ4v) is 1.84. The zero-order valence-corrected chi connectivity index (χ0v) is 12.0. The van der Waals surface area contributed by atoms with E-state index in [0.717, 1.165) is 32.6 Å². The molecule has 0 atom stereocenters. The van der Waals surface area contributed by atoms with Gasteiger partial charge in [-0.25, -0.2) is 4.79 Å². The Balaban J connectivity index is 2.26. The molecular formula is C13H26N4O. The van der Waals surface area contributed by atoms with Crippen LogP contribution in [0, 0.1) is 0 Å². The maximum atomic E-state index is 11.9. The Kier molecular flexibility index (Phi) is 6.15. The maximum absolute atomic E-state index is 11.9. The van der Waals surface area contributed by atoms with Crippen molar-refractivity contribution in [2.45, 2.75) is 32.9 Å². The number of rotatable bonds is 8. The van der Waals surface area contributed by atoms with Crippen molar-refractivity contribution in [2.75, 3.05) is 33.7 Å². The van der Waals surface area contributed by atoms with E-state index in [9.17, 15) is 4.79 Å². The standard InChI is InChI=1S/C13H26N4O/c1-12(2)17-11-10-16(13(17)18)9-7-14-6-5-8-15(3)4/h10-12,14H,5-9H2,1-4H3. The lowest BCUT2D eigenvalue weighted by atomic mass is 10.4. The molecule has 0 radical (unpaired) electrons. The van der Waals surface area contributed by atoms with Gasteiger partial charge in [0.1, 0.15) is 0 Å². The first-order valence-corrected chi connectivity index (χ1v) is 6.65. The van der Waals surface area contributed by atoms with Crippen LogP contribution in [0.5, 0.6) is 0 Å². The summed E-state index contributed by atoms with van der Waals surface area (Å²) in [6.45, 7) is 7.71. The minimum Gasteiger partial charge on any atom is -0.315 e. The number of hydrogen-bond donors (Lipinski definition) is 1. The molecule has 0 bridgehead atoms. The maximum Gasteiger partial charge on any atom is 0.328 e. The highest BCUT2D eigenvalue weighted by atomic mass is 16.1. The van der Waals surface area contributed by atoms with Gasteiger partial charge in [0.15, 0.2) is 0 Å². The van der Waals surface area contributed by atoms with Crippen LogP contribution < -0.4 is 11.0 Å². The minimum atomic E-state index is 0.0834. The summed E-state index contributed by atoms with van der Waals surface area (Å²) < 4.78 is 3.52. The molecule has 1 aromatic heterocycles. The van der Waals surface area contributed by atoms with Gasteiger partial charge in [-0.3, -0.25) is 9.13 Å². The van der Waals surface area contributed by atoms with Gasteiger partial charge in [-0.15, -0.1) is 0 Å². The summed E-state index contributed by atoms with van der Waals surface area (Å²) in [5.41, 5.74) is 0.0834. The molecule has 1 N–H and O–H groups in total. The first-order valence-electron chi connectivity index (χ1n) is 6.65. The molecule has 0 fully saturated rings. The first kappa shape index (κ1) is 15.0. The summed E-state index contributed by atoms with van der Waals surface area (Å²) in [5.74, 6) is 0. The summed E-state index contributed by atoms with van der Waals surface area (Å²) in [6.07, 6.45) is 4.86. The van der Waals surface area contributed by atoms with Crippen LogP contribution in [0.4, 0.5) is 0 Å². The lowest BCUT2D eigenvalue weighted by Crippen LogP contribution is -2.30. The second-order valence-corrected chi connectivity index (χ2v) is 5.18. The van der Waals surface area contributed by atoms with Crippen LogP contribution in [0.3, 0.4) is 0 Å². The fourth-order valence-electron chi connectivity index (χ4n) is 1.84. The zero-order chi connectivity index (χ0) is 13.5. The molecule has 0 amide bonds. The second-order valence-electron chi connectivity index (χ2n) is 5.18. The molecule has 5 nitrogen and oxygen atoms in total. The van der Waals surface area contributed by atoms with E-state index in [1.165, 1.54) is 0 Å². The van der Waals surface area contributed by atoms with Crippen molar-refractivity contribution in [3.05, 3.63) is 22.9 Å². The highest BCUT2D eigenvalue weighted by molar-refractivity contribution is 4.83. The van der Waals surface area contributed by atoms with Crippen LogP contribution in [-0.2, 0) is 6.54 Å². The predicted molar refractivity (Wildman–Crippen MR) is 75.1 cm³/mol. The molecule has 5 heteroatoms. The molecule has 1 aromatic rings. The normalized spacial score (nSPS) is 11.7. The monoisotopic (exact) mass is 254 g/mol. The van der Waals surface area contributed by atoms with Crippen LogP contribution in [-0.4, -0.2) is 47.8 Å². The molecule has 18 heavy (non-hydrogen) atoms. The van der Waals surface area contributed by atoms with Crippen molar-refractivity contribution in [3.8, 4) is 0 Å². The van der Waals surface area contributed by atoms with Crippen LogP contribution in [0.2, 0.25) is 0 Å². The summed E-state index contributed by atoms with van der Waals surface area (Å²) in [5, 5.41) is 3.36. The second kappa shape index (κ2) is 7.38. The lowest BCUT2D eigenvalue weighted by molar-refractivity contribution is 0.393. The van der Waals surface area contributed by atoms with Gasteiger partial charge in [-0.2, -0.15) is 0 Å². The number of nitrogens with one attached hydrogen (secondary N) is 1. The van der Waals surface area contributed by atoms with Gasteiger partial charge < -0.3 is 10.2 Å². The van der Waals surface area contributed by atoms with Crippen molar-refractivity contribution >= 4 is 0 Å². The number of imidazole rings is 1. The quantitative estimate of drug-likeness (QED) is 0.697. The lowest BCUT2D eigenvalue weighted by Gasteiger charge is -2.10. The van der Waals surface area contributed by atoms with Gasteiger partial charge >= 0.3 is 5.69 Å². The molecular weight excluding hydrogens is 228 g/mol. The Morgan fingerprint density at radius 2 is 2.00 bits per heavy atom. The molecule has 0 saturated heterocycles. The van der Waals surface area contributed by atoms with E-state index < -0.39 is 0 Å². The van der Waals surface area contributed by atoms with E-state index in [4.69, 9.17) is 0 Å². The van der Waals surface area contributed by atoms with E-state index in [1.54, 1.807) is 9.13 Å². The molecule has 0 spiro atoms. The first-order chi connectivity index (χ1) is 8.52. The van der Waals surface area contributed by atoms with Crippen LogP contribution in [0.15, 0.2) is 17.2 Å². The highest BCUT2D eigenvalue weighted by Crippen LogP contribution is 1.98. The van der Waals surface area contributed by atoms with Crippen LogP contribution >= 0.6 is 0 Å². The predicted octanol–water partition coefficient (Wildman–Crippen LogP) is 0.772. The van der Waals surface area contributed by atoms with E-state index in [0.29, 0.717) is 0 Å². The molecule has 0 aliphatic carbocycles. The Morgan fingerprint density at radius 1 is 1.28 bits per heavy atom. The van der Waals surface area contributed by atoms with E-state index in [1.807, 2.05) is 26.2 Å². The molecule has 0 aromatic carbocycles. The Labute approximate surface area is 109 Å². The minimum absolute atomic E-state index is 0.0834. The average Bonchev–Trinajstić information content (AvgIpc) is 2.65. The van der Waals surface area contributed by atoms with Crippen molar-refractivity contribution in [3.63, 3.8) is 0 Å². The third-order valence-corrected chi connectivity index (χ3v) is 2.92. The van der Waals surface area contributed by atoms with Crippen molar-refractivity contribution in [1.29, 1.82) is 0 Å². The van der Waals surface area contributed by atoms with Gasteiger partial charge in [-0.05, 0) is 47.5 Å². The molecule has 0 aliphatic heterocycles. The smallest absolute Gasteiger partial charge is 0.315 e. The summed E-state index contributed by atoms with van der Waals surface area (Å²) in [7, 11) is 4.16. The van der Waals surface area contributed by atoms with Gasteiger partial charge in [0.25, 0.3) is 0 Å². The third kappa shape index (κ3) is 4.66. The number of nitrogens with zero attached hydrogens (tertiary/aromatic N) is 3. The SMILES string of the molecule is CC(C)n1ccn(CCNCCCN(C)C)c1=O. The zero-order valence-electron chi connectivity index (χ0n) is 12.0. The Bertz CT molecular complexity index is 392. The van der Waals surface area contributed by atoms with Crippen LogP contribution in [0.25, 0.3) is 0 Å². The van der Waals surface area contributed by atoms with Gasteiger partial charge in [0, 0.05) is 31.5 Å². The van der Waals surface area contributed by atoms with Gasteiger partial charge in [0.2, 0.25) is 0 Å². The Morgan fingerprint density at radius 3 is 2.56 bits per heavy atom. The van der Waals surface area contributed by atoms with E-state index in [-0.39, 0.29) is 11.7 Å². The van der Waals surface area contributed by atoms with Crippen molar-refractivity contribution in [1.82, 2.24) is 19.4 Å². The molecule has 0 aliphatic rings. The van der Waals surface area contributed by atoms with E-state index in [2.05, 4.69) is 24.3 Å². The summed E-state index contributed by atoms with van der Waals surface area (Å²) in [4.78, 5) is 14.1. The van der Waals surface area contributed by atoms with Gasteiger partial charge in [0.05, 0.1) is 0 Å². The highest BCUT2D eigenvalue weighted by Gasteiger charge is 2.05. The van der Waals surface area contributed by atoms with E-state index >= 15 is 0 Å². The molecule has 104 valence electrons.